The van der Waals surface area contributed by atoms with E-state index < -0.39 is 29.4 Å². The fraction of sp³-hybridized carbons (Fsp3) is 0.304. The minimum Gasteiger partial charge on any atom is -0.349 e. The molecule has 2 aromatic carbocycles. The van der Waals surface area contributed by atoms with Crippen molar-refractivity contribution in [3.8, 4) is 0 Å². The highest BCUT2D eigenvalue weighted by Crippen LogP contribution is 2.36. The van der Waals surface area contributed by atoms with Crippen molar-refractivity contribution in [3.05, 3.63) is 77.0 Å². The summed E-state index contributed by atoms with van der Waals surface area (Å²) in [6.07, 6.45) is -7.10. The minimum atomic E-state index is -4.53. The third-order valence-electron chi connectivity index (χ3n) is 5.72. The van der Waals surface area contributed by atoms with E-state index in [9.17, 15) is 31.1 Å². The third kappa shape index (κ3) is 5.52. The second-order valence-electron chi connectivity index (χ2n) is 8.17. The van der Waals surface area contributed by atoms with Crippen molar-refractivity contribution < 1.29 is 31.1 Å². The van der Waals surface area contributed by atoms with Crippen LogP contribution in [0.25, 0.3) is 0 Å². The van der Waals surface area contributed by atoms with Crippen molar-refractivity contribution in [2.45, 2.75) is 43.6 Å². The third-order valence-corrected chi connectivity index (χ3v) is 5.72. The van der Waals surface area contributed by atoms with Gasteiger partial charge in [0.25, 0.3) is 5.91 Å². The molecule has 3 aromatic rings. The van der Waals surface area contributed by atoms with Gasteiger partial charge in [-0.25, -0.2) is 0 Å². The van der Waals surface area contributed by atoms with Gasteiger partial charge in [0.05, 0.1) is 11.1 Å². The van der Waals surface area contributed by atoms with Gasteiger partial charge in [-0.1, -0.05) is 12.1 Å². The number of halogens is 6. The smallest absolute Gasteiger partial charge is 0.349 e. The van der Waals surface area contributed by atoms with E-state index in [1.54, 1.807) is 6.07 Å². The summed E-state index contributed by atoms with van der Waals surface area (Å²) in [5.41, 5.74) is -0.727. The Hall–Kier alpha value is -3.50. The van der Waals surface area contributed by atoms with E-state index in [0.29, 0.717) is 25.1 Å². The maximum atomic E-state index is 12.9. The summed E-state index contributed by atoms with van der Waals surface area (Å²) >= 11 is 0. The fourth-order valence-corrected chi connectivity index (χ4v) is 4.03. The Labute approximate surface area is 190 Å². The normalized spacial score (nSPS) is 18.6. The van der Waals surface area contributed by atoms with Crippen LogP contribution in [-0.2, 0) is 12.4 Å². The number of amides is 1. The molecule has 0 saturated heterocycles. The maximum absolute atomic E-state index is 12.9. The lowest BCUT2D eigenvalue weighted by Crippen LogP contribution is -2.33. The molecule has 4 rings (SSSR count). The molecule has 2 atom stereocenters. The summed E-state index contributed by atoms with van der Waals surface area (Å²) in [7, 11) is 0. The second-order valence-corrected chi connectivity index (χ2v) is 8.17. The van der Waals surface area contributed by atoms with Crippen molar-refractivity contribution in [2.75, 3.05) is 5.32 Å². The molecule has 11 heteroatoms. The van der Waals surface area contributed by atoms with E-state index in [4.69, 9.17) is 0 Å². The molecule has 1 fully saturated rings. The van der Waals surface area contributed by atoms with E-state index in [-0.39, 0.29) is 23.2 Å². The maximum Gasteiger partial charge on any atom is 0.416 e. The van der Waals surface area contributed by atoms with Crippen LogP contribution in [0.1, 0.15) is 52.4 Å². The first-order valence-corrected chi connectivity index (χ1v) is 10.5. The zero-order valence-electron chi connectivity index (χ0n) is 17.6. The first-order chi connectivity index (χ1) is 16.0. The Morgan fingerprint density at radius 3 is 2.29 bits per heavy atom. The van der Waals surface area contributed by atoms with Gasteiger partial charge in [-0.05, 0) is 55.7 Å². The molecule has 1 amide bonds. The molecule has 1 heterocycles. The van der Waals surface area contributed by atoms with Crippen LogP contribution in [-0.4, -0.2) is 22.1 Å². The lowest BCUT2D eigenvalue weighted by atomic mass is 10.0. The summed E-state index contributed by atoms with van der Waals surface area (Å²) in [4.78, 5) is 12.4. The summed E-state index contributed by atoms with van der Waals surface area (Å²) in [6.45, 7) is 0. The number of carbonyl (C=O) groups excluding carboxylic acids is 1. The van der Waals surface area contributed by atoms with E-state index >= 15 is 0 Å². The minimum absolute atomic E-state index is 0.0105. The Morgan fingerprint density at radius 2 is 1.59 bits per heavy atom. The molecule has 34 heavy (non-hydrogen) atoms. The van der Waals surface area contributed by atoms with Gasteiger partial charge in [0.2, 0.25) is 0 Å². The molecule has 0 spiro atoms. The molecule has 180 valence electrons. The van der Waals surface area contributed by atoms with Crippen LogP contribution in [0.5, 0.6) is 0 Å². The number of benzene rings is 2. The van der Waals surface area contributed by atoms with Crippen molar-refractivity contribution >= 4 is 17.4 Å². The highest BCUT2D eigenvalue weighted by molar-refractivity contribution is 5.94. The number of anilines is 2. The van der Waals surface area contributed by atoms with E-state index in [2.05, 4.69) is 20.8 Å². The van der Waals surface area contributed by atoms with Crippen molar-refractivity contribution in [1.82, 2.24) is 15.5 Å². The Morgan fingerprint density at radius 1 is 0.912 bits per heavy atom. The summed E-state index contributed by atoms with van der Waals surface area (Å²) in [6, 6.07) is 10.5. The lowest BCUT2D eigenvalue weighted by Gasteiger charge is -2.14. The molecule has 1 aliphatic carbocycles. The number of hydrogen-bond acceptors (Lipinski definition) is 3. The molecule has 0 radical (unpaired) electrons. The molecule has 1 aromatic heterocycles. The van der Waals surface area contributed by atoms with Gasteiger partial charge in [-0.2, -0.15) is 31.4 Å². The highest BCUT2D eigenvalue weighted by atomic mass is 19.4. The van der Waals surface area contributed by atoms with Gasteiger partial charge in [0, 0.05) is 35.0 Å². The summed E-state index contributed by atoms with van der Waals surface area (Å²) in [5, 5.41) is 12.6. The van der Waals surface area contributed by atoms with Crippen LogP contribution in [0.3, 0.4) is 0 Å². The molecule has 3 N–H and O–H groups in total. The zero-order chi connectivity index (χ0) is 24.5. The van der Waals surface area contributed by atoms with Gasteiger partial charge in [-0.15, -0.1) is 0 Å². The first-order valence-electron chi connectivity index (χ1n) is 10.5. The molecule has 1 aliphatic rings. The van der Waals surface area contributed by atoms with Gasteiger partial charge in [0.1, 0.15) is 0 Å². The SMILES string of the molecule is O=C(NC1CCC(c2cc(Nc3cccc(C(F)(F)F)c3)n[nH]2)C1)c1cccc(C(F)(F)F)c1. The monoisotopic (exact) mass is 482 g/mol. The molecular weight excluding hydrogens is 462 g/mol. The number of nitrogens with one attached hydrogen (secondary N) is 3. The molecule has 0 aliphatic heterocycles. The molecule has 2 unspecified atom stereocenters. The van der Waals surface area contributed by atoms with Gasteiger partial charge < -0.3 is 10.6 Å². The van der Waals surface area contributed by atoms with Crippen LogP contribution < -0.4 is 10.6 Å². The number of rotatable bonds is 5. The van der Waals surface area contributed by atoms with E-state index in [0.717, 1.165) is 30.0 Å². The Kier molecular flexibility index (Phi) is 6.28. The van der Waals surface area contributed by atoms with Gasteiger partial charge in [-0.3, -0.25) is 9.89 Å². The first kappa shape index (κ1) is 23.7. The number of nitrogens with zero attached hydrogens (tertiary/aromatic N) is 1. The largest absolute Gasteiger partial charge is 0.416 e. The Bertz CT molecular complexity index is 1170. The quantitative estimate of drug-likeness (QED) is 0.376. The second kappa shape index (κ2) is 9.03. The zero-order valence-corrected chi connectivity index (χ0v) is 17.6. The van der Waals surface area contributed by atoms with Crippen LogP contribution >= 0.6 is 0 Å². The standard InChI is InChI=1S/C23H20F6N4O/c24-22(25,26)15-4-1-3-14(9-15)21(34)31-18-8-7-13(10-18)19-12-20(33-32-19)30-17-6-2-5-16(11-17)23(27,28)29/h1-6,9,11-13,18H,7-8,10H2,(H,31,34)(H2,30,32,33). The molecule has 5 nitrogen and oxygen atoms in total. The fourth-order valence-electron chi connectivity index (χ4n) is 4.03. The van der Waals surface area contributed by atoms with Crippen molar-refractivity contribution in [2.24, 2.45) is 0 Å². The van der Waals surface area contributed by atoms with Crippen molar-refractivity contribution in [3.63, 3.8) is 0 Å². The topological polar surface area (TPSA) is 69.8 Å². The molecule has 0 bridgehead atoms. The number of H-pyrrole nitrogens is 1. The van der Waals surface area contributed by atoms with Crippen LogP contribution in [0.2, 0.25) is 0 Å². The summed E-state index contributed by atoms with van der Waals surface area (Å²) in [5.74, 6) is -0.213. The Balaban J connectivity index is 1.36. The van der Waals surface area contributed by atoms with Gasteiger partial charge >= 0.3 is 12.4 Å². The highest BCUT2D eigenvalue weighted by Gasteiger charge is 2.32. The average molecular weight is 482 g/mol. The lowest BCUT2D eigenvalue weighted by molar-refractivity contribution is -0.138. The predicted octanol–water partition coefficient (Wildman–Crippen LogP) is 6.26. The number of aromatic amines is 1. The number of carbonyl (C=O) groups is 1. The number of alkyl halides is 6. The van der Waals surface area contributed by atoms with Crippen LogP contribution in [0.4, 0.5) is 37.8 Å². The number of aromatic nitrogens is 2. The van der Waals surface area contributed by atoms with Crippen molar-refractivity contribution in [1.29, 1.82) is 0 Å². The number of hydrogen-bond donors (Lipinski definition) is 3. The van der Waals surface area contributed by atoms with E-state index in [1.165, 1.54) is 24.3 Å². The van der Waals surface area contributed by atoms with E-state index in [1.807, 2.05) is 0 Å². The van der Waals surface area contributed by atoms with Crippen LogP contribution in [0.15, 0.2) is 54.6 Å². The average Bonchev–Trinajstić information content (AvgIpc) is 3.42. The molecule has 1 saturated carbocycles. The predicted molar refractivity (Wildman–Crippen MR) is 113 cm³/mol. The van der Waals surface area contributed by atoms with Gasteiger partial charge in [0.15, 0.2) is 5.82 Å². The van der Waals surface area contributed by atoms with Crippen LogP contribution in [0, 0.1) is 0 Å². The molecular formula is C23H20F6N4O. The summed E-state index contributed by atoms with van der Waals surface area (Å²) < 4.78 is 77.4.